The number of nitrogens with zero attached hydrogens (tertiary/aromatic N) is 3. The molecule has 1 amide bonds. The Balaban J connectivity index is 3.01. The number of ketones is 1. The standard InChI is InChI=1S/C18H26N4O3S/c1-12(2)16(25)6-8-26-17(5-7-23)13(3)22(11-24)10-15-9-20-14(4)21-18(15)19/h6,8-9,11-12,23H,5,7,10H2,1-4H3,(H2,19,20,21)/b8-6+,17-13+. The number of carbonyl (C=O) groups is 2. The van der Waals surface area contributed by atoms with E-state index in [-0.39, 0.29) is 24.9 Å². The van der Waals surface area contributed by atoms with Crippen LogP contribution in [-0.4, -0.2) is 38.8 Å². The van der Waals surface area contributed by atoms with Gasteiger partial charge in [-0.3, -0.25) is 9.59 Å². The summed E-state index contributed by atoms with van der Waals surface area (Å²) in [5.74, 6) is 0.841. The van der Waals surface area contributed by atoms with E-state index in [1.807, 2.05) is 13.8 Å². The smallest absolute Gasteiger partial charge is 0.214 e. The average molecular weight is 378 g/mol. The number of allylic oxidation sites excluding steroid dienone is 2. The van der Waals surface area contributed by atoms with Crippen LogP contribution in [-0.2, 0) is 16.1 Å². The fourth-order valence-corrected chi connectivity index (χ4v) is 2.88. The number of rotatable bonds is 10. The van der Waals surface area contributed by atoms with Crippen LogP contribution in [0, 0.1) is 12.8 Å². The number of aliphatic hydroxyl groups is 1. The Morgan fingerprint density at radius 1 is 1.46 bits per heavy atom. The molecule has 0 aromatic carbocycles. The molecule has 0 radical (unpaired) electrons. The number of carbonyl (C=O) groups excluding carboxylic acids is 2. The van der Waals surface area contributed by atoms with Crippen molar-refractivity contribution in [3.05, 3.63) is 39.7 Å². The zero-order valence-electron chi connectivity index (χ0n) is 15.6. The molecular formula is C18H26N4O3S. The highest BCUT2D eigenvalue weighted by Crippen LogP contribution is 2.27. The van der Waals surface area contributed by atoms with Gasteiger partial charge in [0, 0.05) is 41.3 Å². The first-order chi connectivity index (χ1) is 12.3. The second-order valence-electron chi connectivity index (χ2n) is 6.02. The van der Waals surface area contributed by atoms with Crippen LogP contribution in [0.5, 0.6) is 0 Å². The van der Waals surface area contributed by atoms with Crippen molar-refractivity contribution in [2.45, 2.75) is 40.7 Å². The molecule has 0 spiro atoms. The minimum atomic E-state index is -0.0748. The van der Waals surface area contributed by atoms with Gasteiger partial charge in [-0.05, 0) is 25.3 Å². The maximum Gasteiger partial charge on any atom is 0.214 e. The highest BCUT2D eigenvalue weighted by Gasteiger charge is 2.13. The molecular weight excluding hydrogens is 352 g/mol. The first-order valence-corrected chi connectivity index (χ1v) is 9.15. The Labute approximate surface area is 158 Å². The number of aryl methyl sites for hydroxylation is 1. The van der Waals surface area contributed by atoms with Gasteiger partial charge in [-0.2, -0.15) is 0 Å². The molecule has 1 rings (SSSR count). The molecule has 0 fully saturated rings. The van der Waals surface area contributed by atoms with E-state index in [0.29, 0.717) is 35.7 Å². The molecule has 0 atom stereocenters. The van der Waals surface area contributed by atoms with Crippen LogP contribution in [0.2, 0.25) is 0 Å². The van der Waals surface area contributed by atoms with E-state index >= 15 is 0 Å². The zero-order valence-corrected chi connectivity index (χ0v) is 16.4. The van der Waals surface area contributed by atoms with E-state index < -0.39 is 0 Å². The van der Waals surface area contributed by atoms with Gasteiger partial charge in [-0.15, -0.1) is 11.8 Å². The number of aliphatic hydroxyl groups excluding tert-OH is 1. The molecule has 0 aliphatic rings. The largest absolute Gasteiger partial charge is 0.396 e. The van der Waals surface area contributed by atoms with E-state index in [1.165, 1.54) is 22.7 Å². The molecule has 1 aromatic rings. The van der Waals surface area contributed by atoms with Crippen LogP contribution in [0.1, 0.15) is 38.6 Å². The van der Waals surface area contributed by atoms with Crippen molar-refractivity contribution in [2.24, 2.45) is 5.92 Å². The molecule has 0 aliphatic carbocycles. The molecule has 0 bridgehead atoms. The lowest BCUT2D eigenvalue weighted by atomic mass is 10.1. The van der Waals surface area contributed by atoms with Crippen LogP contribution in [0.15, 0.2) is 28.3 Å². The summed E-state index contributed by atoms with van der Waals surface area (Å²) in [5.41, 5.74) is 7.22. The molecule has 3 N–H and O–H groups in total. The van der Waals surface area contributed by atoms with Crippen LogP contribution in [0.4, 0.5) is 5.82 Å². The lowest BCUT2D eigenvalue weighted by Crippen LogP contribution is -2.21. The topological polar surface area (TPSA) is 109 Å². The highest BCUT2D eigenvalue weighted by molar-refractivity contribution is 8.05. The zero-order chi connectivity index (χ0) is 19.7. The van der Waals surface area contributed by atoms with Crippen molar-refractivity contribution in [1.29, 1.82) is 0 Å². The van der Waals surface area contributed by atoms with Gasteiger partial charge in [0.1, 0.15) is 11.6 Å². The number of aromatic nitrogens is 2. The lowest BCUT2D eigenvalue weighted by molar-refractivity contribution is -0.117. The first kappa shape index (κ1) is 21.9. The van der Waals surface area contributed by atoms with Crippen LogP contribution < -0.4 is 5.73 Å². The maximum atomic E-state index is 11.7. The molecule has 0 aliphatic heterocycles. The summed E-state index contributed by atoms with van der Waals surface area (Å²) in [5, 5.41) is 11.0. The number of thioether (sulfide) groups is 1. The normalized spacial score (nSPS) is 12.4. The van der Waals surface area contributed by atoms with Gasteiger partial charge in [0.2, 0.25) is 6.41 Å². The Hall–Kier alpha value is -2.19. The third kappa shape index (κ3) is 6.61. The highest BCUT2D eigenvalue weighted by atomic mass is 32.2. The molecule has 0 saturated heterocycles. The van der Waals surface area contributed by atoms with E-state index in [9.17, 15) is 14.7 Å². The molecule has 7 nitrogen and oxygen atoms in total. The fraction of sp³-hybridized carbons (Fsp3) is 0.444. The van der Waals surface area contributed by atoms with Crippen molar-refractivity contribution >= 4 is 29.8 Å². The van der Waals surface area contributed by atoms with Gasteiger partial charge < -0.3 is 15.7 Å². The van der Waals surface area contributed by atoms with Gasteiger partial charge in [-0.25, -0.2) is 9.97 Å². The van der Waals surface area contributed by atoms with Crippen molar-refractivity contribution in [3.8, 4) is 0 Å². The molecule has 142 valence electrons. The van der Waals surface area contributed by atoms with Crippen LogP contribution in [0.3, 0.4) is 0 Å². The Morgan fingerprint density at radius 2 is 2.15 bits per heavy atom. The van der Waals surface area contributed by atoms with Crippen molar-refractivity contribution in [3.63, 3.8) is 0 Å². The van der Waals surface area contributed by atoms with Crippen molar-refractivity contribution in [2.75, 3.05) is 12.3 Å². The van der Waals surface area contributed by atoms with Crippen molar-refractivity contribution in [1.82, 2.24) is 14.9 Å². The van der Waals surface area contributed by atoms with Gasteiger partial charge in [-0.1, -0.05) is 13.8 Å². The first-order valence-electron chi connectivity index (χ1n) is 8.27. The third-order valence-corrected chi connectivity index (χ3v) is 4.73. The van der Waals surface area contributed by atoms with Crippen LogP contribution in [0.25, 0.3) is 0 Å². The summed E-state index contributed by atoms with van der Waals surface area (Å²) in [6.07, 6.45) is 4.19. The SMILES string of the molecule is C/C(=C(/CCO)S/C=C/C(=O)C(C)C)N(C=O)Cc1cnc(C)nc1N. The van der Waals surface area contributed by atoms with Crippen molar-refractivity contribution < 1.29 is 14.7 Å². The van der Waals surface area contributed by atoms with Gasteiger partial charge in [0.25, 0.3) is 0 Å². The summed E-state index contributed by atoms with van der Waals surface area (Å²) in [7, 11) is 0. The Bertz CT molecular complexity index is 702. The van der Waals surface area contributed by atoms with E-state index in [2.05, 4.69) is 9.97 Å². The van der Waals surface area contributed by atoms with Crippen LogP contribution >= 0.6 is 11.8 Å². The predicted molar refractivity (Wildman–Crippen MR) is 104 cm³/mol. The average Bonchev–Trinajstić information content (AvgIpc) is 2.59. The Kier molecular flexibility index (Phi) is 9.01. The molecule has 1 heterocycles. The summed E-state index contributed by atoms with van der Waals surface area (Å²) in [6.45, 7) is 7.35. The summed E-state index contributed by atoms with van der Waals surface area (Å²) < 4.78 is 0. The quantitative estimate of drug-likeness (QED) is 0.475. The third-order valence-electron chi connectivity index (χ3n) is 3.67. The van der Waals surface area contributed by atoms with E-state index in [1.54, 1.807) is 25.5 Å². The summed E-state index contributed by atoms with van der Waals surface area (Å²) in [6, 6.07) is 0. The van der Waals surface area contributed by atoms with Gasteiger partial charge in [0.15, 0.2) is 5.78 Å². The minimum Gasteiger partial charge on any atom is -0.396 e. The Morgan fingerprint density at radius 3 is 2.69 bits per heavy atom. The number of amides is 1. The molecule has 0 saturated carbocycles. The molecule has 8 heteroatoms. The lowest BCUT2D eigenvalue weighted by Gasteiger charge is -2.21. The number of hydrogen-bond acceptors (Lipinski definition) is 7. The maximum absolute atomic E-state index is 11.7. The summed E-state index contributed by atoms with van der Waals surface area (Å²) in [4.78, 5) is 33.8. The monoisotopic (exact) mass is 378 g/mol. The number of hydrogen-bond donors (Lipinski definition) is 2. The number of nitrogen functional groups attached to an aromatic ring is 1. The number of nitrogens with two attached hydrogens (primary N) is 1. The molecule has 0 unspecified atom stereocenters. The van der Waals surface area contributed by atoms with Gasteiger partial charge >= 0.3 is 0 Å². The summed E-state index contributed by atoms with van der Waals surface area (Å²) >= 11 is 1.32. The van der Waals surface area contributed by atoms with Gasteiger partial charge in [0.05, 0.1) is 6.54 Å². The number of anilines is 1. The minimum absolute atomic E-state index is 0.0234. The van der Waals surface area contributed by atoms with E-state index in [4.69, 9.17) is 5.73 Å². The second-order valence-corrected chi connectivity index (χ2v) is 7.02. The predicted octanol–water partition coefficient (Wildman–Crippen LogP) is 2.41. The second kappa shape index (κ2) is 10.7. The fourth-order valence-electron chi connectivity index (χ4n) is 2.02. The van der Waals surface area contributed by atoms with E-state index in [0.717, 1.165) is 4.91 Å². The molecule has 26 heavy (non-hydrogen) atoms. The molecule has 1 aromatic heterocycles.